The lowest BCUT2D eigenvalue weighted by Crippen LogP contribution is -2.49. The number of hydrogen-bond acceptors (Lipinski definition) is 4. The Hall–Kier alpha value is -1.78. The van der Waals surface area contributed by atoms with Crippen molar-refractivity contribution in [3.63, 3.8) is 0 Å². The largest absolute Gasteiger partial charge is 0.444 e. The van der Waals surface area contributed by atoms with Crippen LogP contribution in [0.2, 0.25) is 0 Å². The quantitative estimate of drug-likeness (QED) is 0.547. The summed E-state index contributed by atoms with van der Waals surface area (Å²) in [5.74, 6) is 0. The molecule has 24 heavy (non-hydrogen) atoms. The van der Waals surface area contributed by atoms with E-state index in [1.165, 1.54) is 0 Å². The zero-order valence-electron chi connectivity index (χ0n) is 15.8. The second kappa shape index (κ2) is 9.50. The van der Waals surface area contributed by atoms with Crippen LogP contribution in [0.15, 0.2) is 23.4 Å². The smallest absolute Gasteiger partial charge is 0.410 e. The molecule has 5 heteroatoms. The lowest BCUT2D eigenvalue weighted by molar-refractivity contribution is -0.107. The van der Waals surface area contributed by atoms with Crippen LogP contribution >= 0.6 is 0 Å². The van der Waals surface area contributed by atoms with Gasteiger partial charge in [-0.3, -0.25) is 0 Å². The number of hydrogen-bond donors (Lipinski definition) is 0. The van der Waals surface area contributed by atoms with E-state index < -0.39 is 5.60 Å². The number of amides is 1. The van der Waals surface area contributed by atoms with E-state index in [4.69, 9.17) is 4.74 Å². The molecule has 1 saturated heterocycles. The first-order chi connectivity index (χ1) is 11.3. The van der Waals surface area contributed by atoms with E-state index in [1.807, 2.05) is 27.7 Å². The molecule has 0 saturated carbocycles. The summed E-state index contributed by atoms with van der Waals surface area (Å²) in [4.78, 5) is 27.0. The van der Waals surface area contributed by atoms with Crippen molar-refractivity contribution < 1.29 is 14.3 Å². The fraction of sp³-hybridized carbons (Fsp3) is 0.684. The van der Waals surface area contributed by atoms with Crippen LogP contribution in [-0.2, 0) is 9.53 Å². The maximum atomic E-state index is 12.1. The van der Waals surface area contributed by atoms with Gasteiger partial charge < -0.3 is 19.3 Å². The molecule has 0 aromatic heterocycles. The van der Waals surface area contributed by atoms with Gasteiger partial charge in [-0.15, -0.1) is 0 Å². The molecule has 0 atom stereocenters. The maximum Gasteiger partial charge on any atom is 0.410 e. The number of carbonyl (C=O) groups is 2. The molecule has 0 spiro atoms. The van der Waals surface area contributed by atoms with Gasteiger partial charge in [0.2, 0.25) is 0 Å². The third-order valence-corrected chi connectivity index (χ3v) is 3.86. The van der Waals surface area contributed by atoms with Gasteiger partial charge in [-0.1, -0.05) is 25.0 Å². The Morgan fingerprint density at radius 2 is 1.71 bits per heavy atom. The van der Waals surface area contributed by atoms with Crippen molar-refractivity contribution in [1.29, 1.82) is 0 Å². The zero-order chi connectivity index (χ0) is 18.2. The molecule has 0 unspecified atom stereocenters. The molecule has 1 rings (SSSR count). The van der Waals surface area contributed by atoms with Gasteiger partial charge >= 0.3 is 6.09 Å². The third kappa shape index (κ3) is 6.77. The van der Waals surface area contributed by atoms with Gasteiger partial charge in [0.25, 0.3) is 0 Å². The number of allylic oxidation sites excluding steroid dienone is 3. The molecular weight excluding hydrogens is 304 g/mol. The fourth-order valence-electron chi connectivity index (χ4n) is 2.70. The average molecular weight is 336 g/mol. The number of nitrogens with zero attached hydrogens (tertiary/aromatic N) is 2. The summed E-state index contributed by atoms with van der Waals surface area (Å²) < 4.78 is 5.43. The van der Waals surface area contributed by atoms with E-state index in [-0.39, 0.29) is 6.09 Å². The first kappa shape index (κ1) is 20.3. The van der Waals surface area contributed by atoms with Crippen LogP contribution < -0.4 is 0 Å². The molecule has 1 fully saturated rings. The standard InChI is InChI=1S/C19H32N2O3/c1-6-8-16(9-14-22)15-17(7-2)20-10-12-21(13-11-20)18(23)24-19(3,4)5/h7,14-15H,6,8-13H2,1-5H3/b16-15+,17-7+. The van der Waals surface area contributed by atoms with Gasteiger partial charge in [0.05, 0.1) is 0 Å². The Kier molecular flexibility index (Phi) is 8.02. The molecule has 0 aromatic rings. The van der Waals surface area contributed by atoms with E-state index in [9.17, 15) is 9.59 Å². The Morgan fingerprint density at radius 3 is 2.17 bits per heavy atom. The number of piperazine rings is 1. The molecule has 1 aliphatic rings. The summed E-state index contributed by atoms with van der Waals surface area (Å²) in [6.07, 6.45) is 7.38. The Labute approximate surface area is 146 Å². The van der Waals surface area contributed by atoms with Crippen LogP contribution in [-0.4, -0.2) is 54.0 Å². The molecule has 1 aliphatic heterocycles. The zero-order valence-corrected chi connectivity index (χ0v) is 15.8. The summed E-state index contributed by atoms with van der Waals surface area (Å²) in [5, 5.41) is 0. The molecule has 0 radical (unpaired) electrons. The average Bonchev–Trinajstić information content (AvgIpc) is 2.51. The highest BCUT2D eigenvalue weighted by Gasteiger charge is 2.26. The van der Waals surface area contributed by atoms with E-state index >= 15 is 0 Å². The highest BCUT2D eigenvalue weighted by atomic mass is 16.6. The SMILES string of the molecule is C/C=C(\C=C(\CC=O)CCC)N1CCN(C(=O)OC(C)(C)C)CC1. The number of carbonyl (C=O) groups excluding carboxylic acids is 2. The van der Waals surface area contributed by atoms with E-state index in [0.717, 1.165) is 43.5 Å². The molecule has 0 N–H and O–H groups in total. The van der Waals surface area contributed by atoms with Crippen molar-refractivity contribution in [2.24, 2.45) is 0 Å². The Bertz CT molecular complexity index is 481. The monoisotopic (exact) mass is 336 g/mol. The number of rotatable bonds is 6. The van der Waals surface area contributed by atoms with E-state index in [0.29, 0.717) is 19.5 Å². The first-order valence-corrected chi connectivity index (χ1v) is 8.83. The molecule has 1 amide bonds. The van der Waals surface area contributed by atoms with Crippen molar-refractivity contribution in [2.75, 3.05) is 26.2 Å². The predicted octanol–water partition coefficient (Wildman–Crippen LogP) is 3.76. The third-order valence-electron chi connectivity index (χ3n) is 3.86. The van der Waals surface area contributed by atoms with Gasteiger partial charge in [-0.25, -0.2) is 4.79 Å². The van der Waals surface area contributed by atoms with Gasteiger partial charge in [0.15, 0.2) is 0 Å². The van der Waals surface area contributed by atoms with Gasteiger partial charge in [-0.2, -0.15) is 0 Å². The molecule has 1 heterocycles. The highest BCUT2D eigenvalue weighted by molar-refractivity contribution is 5.68. The normalized spacial score (nSPS) is 17.0. The lowest BCUT2D eigenvalue weighted by Gasteiger charge is -2.37. The molecule has 5 nitrogen and oxygen atoms in total. The second-order valence-electron chi connectivity index (χ2n) is 7.09. The van der Waals surface area contributed by atoms with Crippen molar-refractivity contribution >= 4 is 12.4 Å². The fourth-order valence-corrected chi connectivity index (χ4v) is 2.70. The molecule has 0 bridgehead atoms. The Balaban J connectivity index is 2.66. The van der Waals surface area contributed by atoms with Crippen LogP contribution in [0.5, 0.6) is 0 Å². The summed E-state index contributed by atoms with van der Waals surface area (Å²) >= 11 is 0. The minimum absolute atomic E-state index is 0.243. The summed E-state index contributed by atoms with van der Waals surface area (Å²) in [6.45, 7) is 12.6. The predicted molar refractivity (Wildman–Crippen MR) is 96.8 cm³/mol. The van der Waals surface area contributed by atoms with Crippen molar-refractivity contribution in [3.8, 4) is 0 Å². The highest BCUT2D eigenvalue weighted by Crippen LogP contribution is 2.18. The molecular formula is C19H32N2O3. The van der Waals surface area contributed by atoms with Crippen LogP contribution in [0.25, 0.3) is 0 Å². The summed E-state index contributed by atoms with van der Waals surface area (Å²) in [7, 11) is 0. The summed E-state index contributed by atoms with van der Waals surface area (Å²) in [5.41, 5.74) is 1.83. The maximum absolute atomic E-state index is 12.1. The number of ether oxygens (including phenoxy) is 1. The first-order valence-electron chi connectivity index (χ1n) is 8.83. The summed E-state index contributed by atoms with van der Waals surface area (Å²) in [6, 6.07) is 0. The minimum atomic E-state index is -0.463. The van der Waals surface area contributed by atoms with Crippen LogP contribution in [0.3, 0.4) is 0 Å². The molecule has 136 valence electrons. The lowest BCUT2D eigenvalue weighted by atomic mass is 10.1. The van der Waals surface area contributed by atoms with Crippen molar-refractivity contribution in [2.45, 2.75) is 59.5 Å². The van der Waals surface area contributed by atoms with Crippen molar-refractivity contribution in [3.05, 3.63) is 23.4 Å². The minimum Gasteiger partial charge on any atom is -0.444 e. The van der Waals surface area contributed by atoms with Gasteiger partial charge in [0.1, 0.15) is 11.9 Å². The molecule has 0 aromatic carbocycles. The second-order valence-corrected chi connectivity index (χ2v) is 7.09. The Morgan fingerprint density at radius 1 is 1.12 bits per heavy atom. The van der Waals surface area contributed by atoms with Crippen molar-refractivity contribution in [1.82, 2.24) is 9.80 Å². The van der Waals surface area contributed by atoms with Crippen LogP contribution in [0.4, 0.5) is 4.79 Å². The van der Waals surface area contributed by atoms with E-state index in [2.05, 4.69) is 24.0 Å². The number of aldehydes is 1. The molecule has 0 aliphatic carbocycles. The van der Waals surface area contributed by atoms with Crippen LogP contribution in [0, 0.1) is 0 Å². The van der Waals surface area contributed by atoms with Gasteiger partial charge in [-0.05, 0) is 40.2 Å². The van der Waals surface area contributed by atoms with E-state index in [1.54, 1.807) is 4.90 Å². The van der Waals surface area contributed by atoms with Gasteiger partial charge in [0, 0.05) is 38.3 Å². The van der Waals surface area contributed by atoms with Crippen LogP contribution in [0.1, 0.15) is 53.9 Å². The topological polar surface area (TPSA) is 49.9 Å².